The number of hydrogen-bond acceptors (Lipinski definition) is 7. The van der Waals surface area contributed by atoms with Gasteiger partial charge in [-0.2, -0.15) is 4.98 Å². The van der Waals surface area contributed by atoms with Gasteiger partial charge in [0.2, 0.25) is 11.7 Å². The smallest absolute Gasteiger partial charge is 0.332 e. The molecule has 2 heterocycles. The zero-order valence-corrected chi connectivity index (χ0v) is 20.1. The highest BCUT2D eigenvalue weighted by Gasteiger charge is 2.18. The highest BCUT2D eigenvalue weighted by Crippen LogP contribution is 2.31. The first-order chi connectivity index (χ1) is 17.5. The van der Waals surface area contributed by atoms with Crippen molar-refractivity contribution in [3.63, 3.8) is 0 Å². The van der Waals surface area contributed by atoms with Gasteiger partial charge in [0.15, 0.2) is 0 Å². The average molecular weight is 485 g/mol. The molecule has 0 aliphatic carbocycles. The second kappa shape index (κ2) is 9.53. The minimum absolute atomic E-state index is 0.000997. The summed E-state index contributed by atoms with van der Waals surface area (Å²) in [5.74, 6) is 1.69. The van der Waals surface area contributed by atoms with Crippen molar-refractivity contribution in [1.29, 1.82) is 0 Å². The third kappa shape index (κ3) is 4.26. The van der Waals surface area contributed by atoms with Crippen LogP contribution >= 0.6 is 0 Å². The van der Waals surface area contributed by atoms with Crippen molar-refractivity contribution in [3.8, 4) is 22.9 Å². The number of aromatic nitrogens is 4. The van der Waals surface area contributed by atoms with Crippen molar-refractivity contribution < 1.29 is 14.0 Å². The molecule has 0 fully saturated rings. The molecule has 0 radical (unpaired) electrons. The van der Waals surface area contributed by atoms with Gasteiger partial charge in [-0.25, -0.2) is 4.79 Å². The Hall–Kier alpha value is -4.66. The minimum Gasteiger partial charge on any atom is -0.497 e. The van der Waals surface area contributed by atoms with Crippen LogP contribution in [0.2, 0.25) is 0 Å². The second-order valence-electron chi connectivity index (χ2n) is 8.34. The molecule has 5 rings (SSSR count). The van der Waals surface area contributed by atoms with Crippen LogP contribution in [0.5, 0.6) is 11.5 Å². The number of methoxy groups -OCH3 is 2. The van der Waals surface area contributed by atoms with Gasteiger partial charge in [-0.15, -0.1) is 0 Å². The van der Waals surface area contributed by atoms with E-state index in [4.69, 9.17) is 14.0 Å². The molecule has 36 heavy (non-hydrogen) atoms. The Morgan fingerprint density at radius 3 is 2.42 bits per heavy atom. The van der Waals surface area contributed by atoms with Crippen molar-refractivity contribution in [3.05, 3.63) is 105 Å². The van der Waals surface area contributed by atoms with Crippen LogP contribution in [0.25, 0.3) is 22.3 Å². The zero-order chi connectivity index (χ0) is 25.2. The van der Waals surface area contributed by atoms with Crippen LogP contribution in [0.15, 0.2) is 80.8 Å². The third-order valence-electron chi connectivity index (χ3n) is 6.00. The molecule has 0 amide bonds. The van der Waals surface area contributed by atoms with E-state index in [1.165, 1.54) is 9.13 Å². The SMILES string of the molecule is COc1ccc(-c2noc(Cn3c(=O)n(Cc4ccc(C)cc4)c(=O)c4ccccc43)n2)c(OC)c1. The topological polar surface area (TPSA) is 101 Å². The summed E-state index contributed by atoms with van der Waals surface area (Å²) in [5.41, 5.74) is 2.27. The Labute approximate surface area is 206 Å². The Balaban J connectivity index is 1.56. The molecule has 0 N–H and O–H groups in total. The number of hydrogen-bond donors (Lipinski definition) is 0. The van der Waals surface area contributed by atoms with Crippen LogP contribution < -0.4 is 20.7 Å². The first-order valence-electron chi connectivity index (χ1n) is 11.3. The van der Waals surface area contributed by atoms with Crippen LogP contribution in [0.1, 0.15) is 17.0 Å². The Bertz CT molecular complexity index is 1660. The van der Waals surface area contributed by atoms with Crippen molar-refractivity contribution >= 4 is 10.9 Å². The lowest BCUT2D eigenvalue weighted by atomic mass is 10.1. The number of para-hydroxylation sites is 1. The van der Waals surface area contributed by atoms with Crippen LogP contribution in [-0.2, 0) is 13.1 Å². The van der Waals surface area contributed by atoms with Gasteiger partial charge in [0.1, 0.15) is 18.0 Å². The van der Waals surface area contributed by atoms with Crippen molar-refractivity contribution in [1.82, 2.24) is 19.3 Å². The molecule has 0 aliphatic heterocycles. The summed E-state index contributed by atoms with van der Waals surface area (Å²) in [5, 5.41) is 4.51. The van der Waals surface area contributed by atoms with Crippen molar-refractivity contribution in [2.75, 3.05) is 14.2 Å². The lowest BCUT2D eigenvalue weighted by molar-refractivity contribution is 0.368. The van der Waals surface area contributed by atoms with E-state index in [0.717, 1.165) is 11.1 Å². The van der Waals surface area contributed by atoms with Gasteiger partial charge >= 0.3 is 5.69 Å². The van der Waals surface area contributed by atoms with Gasteiger partial charge in [0, 0.05) is 6.07 Å². The summed E-state index contributed by atoms with van der Waals surface area (Å²) in [6.07, 6.45) is 0. The quantitative estimate of drug-likeness (QED) is 0.348. The maximum atomic E-state index is 13.5. The van der Waals surface area contributed by atoms with Crippen LogP contribution in [-0.4, -0.2) is 33.5 Å². The van der Waals surface area contributed by atoms with Gasteiger partial charge < -0.3 is 14.0 Å². The van der Waals surface area contributed by atoms with E-state index < -0.39 is 5.69 Å². The van der Waals surface area contributed by atoms with Gasteiger partial charge in [0.05, 0.1) is 37.2 Å². The molecular formula is C27H24N4O5. The van der Waals surface area contributed by atoms with E-state index >= 15 is 0 Å². The summed E-state index contributed by atoms with van der Waals surface area (Å²) in [6, 6.07) is 20.0. The molecule has 0 saturated carbocycles. The average Bonchev–Trinajstić information content (AvgIpc) is 3.38. The maximum absolute atomic E-state index is 13.5. The fourth-order valence-corrected chi connectivity index (χ4v) is 4.09. The predicted octanol–water partition coefficient (Wildman–Crippen LogP) is 3.64. The molecule has 0 unspecified atom stereocenters. The van der Waals surface area contributed by atoms with Crippen molar-refractivity contribution in [2.24, 2.45) is 0 Å². The van der Waals surface area contributed by atoms with Crippen LogP contribution in [0.3, 0.4) is 0 Å². The number of ether oxygens (including phenoxy) is 2. The molecule has 3 aromatic carbocycles. The highest BCUT2D eigenvalue weighted by atomic mass is 16.5. The van der Waals surface area contributed by atoms with E-state index in [2.05, 4.69) is 10.1 Å². The molecule has 0 atom stereocenters. The highest BCUT2D eigenvalue weighted by molar-refractivity contribution is 5.78. The first kappa shape index (κ1) is 23.1. The van der Waals surface area contributed by atoms with Gasteiger partial charge in [0.25, 0.3) is 5.56 Å². The largest absolute Gasteiger partial charge is 0.497 e. The summed E-state index contributed by atoms with van der Waals surface area (Å²) in [4.78, 5) is 31.2. The first-order valence-corrected chi connectivity index (χ1v) is 11.3. The zero-order valence-electron chi connectivity index (χ0n) is 20.1. The number of benzene rings is 3. The maximum Gasteiger partial charge on any atom is 0.332 e. The van der Waals surface area contributed by atoms with E-state index in [0.29, 0.717) is 33.8 Å². The molecule has 9 nitrogen and oxygen atoms in total. The second-order valence-corrected chi connectivity index (χ2v) is 8.34. The van der Waals surface area contributed by atoms with Crippen molar-refractivity contribution in [2.45, 2.75) is 20.0 Å². The molecule has 2 aromatic heterocycles. The Kier molecular flexibility index (Phi) is 6.12. The van der Waals surface area contributed by atoms with E-state index in [9.17, 15) is 9.59 Å². The Morgan fingerprint density at radius 2 is 1.67 bits per heavy atom. The summed E-state index contributed by atoms with van der Waals surface area (Å²) < 4.78 is 18.9. The van der Waals surface area contributed by atoms with E-state index in [-0.39, 0.29) is 24.5 Å². The molecule has 0 spiro atoms. The normalized spacial score (nSPS) is 11.1. The summed E-state index contributed by atoms with van der Waals surface area (Å²) >= 11 is 0. The predicted molar refractivity (Wildman–Crippen MR) is 135 cm³/mol. The fourth-order valence-electron chi connectivity index (χ4n) is 4.09. The molecule has 5 aromatic rings. The number of fused-ring (bicyclic) bond motifs is 1. The monoisotopic (exact) mass is 484 g/mol. The molecule has 182 valence electrons. The molecule has 0 saturated heterocycles. The van der Waals surface area contributed by atoms with Gasteiger partial charge in [-0.1, -0.05) is 47.1 Å². The Morgan fingerprint density at radius 1 is 0.889 bits per heavy atom. The molecular weight excluding hydrogens is 460 g/mol. The summed E-state index contributed by atoms with van der Waals surface area (Å²) in [7, 11) is 3.11. The fraction of sp³-hybridized carbons (Fsp3) is 0.185. The van der Waals surface area contributed by atoms with Crippen LogP contribution in [0.4, 0.5) is 0 Å². The van der Waals surface area contributed by atoms with E-state index in [1.54, 1.807) is 56.7 Å². The lowest BCUT2D eigenvalue weighted by Gasteiger charge is -2.13. The van der Waals surface area contributed by atoms with Crippen LogP contribution in [0, 0.1) is 6.92 Å². The standard InChI is InChI=1S/C27H24N4O5/c1-17-8-10-18(11-9-17)15-31-26(32)20-6-4-5-7-22(20)30(27(31)33)16-24-28-25(29-36-24)21-13-12-19(34-2)14-23(21)35-3/h4-14H,15-16H2,1-3H3. The van der Waals surface area contributed by atoms with Gasteiger partial charge in [-0.3, -0.25) is 13.9 Å². The lowest BCUT2D eigenvalue weighted by Crippen LogP contribution is -2.40. The third-order valence-corrected chi connectivity index (χ3v) is 6.00. The number of rotatable bonds is 7. The van der Waals surface area contributed by atoms with Gasteiger partial charge in [-0.05, 0) is 36.8 Å². The molecule has 0 aliphatic rings. The minimum atomic E-state index is -0.457. The number of aryl methyl sites for hydroxylation is 1. The summed E-state index contributed by atoms with van der Waals surface area (Å²) in [6.45, 7) is 2.14. The molecule has 9 heteroatoms. The molecule has 0 bridgehead atoms. The van der Waals surface area contributed by atoms with E-state index in [1.807, 2.05) is 31.2 Å². The number of nitrogens with zero attached hydrogens (tertiary/aromatic N) is 4.